The van der Waals surface area contributed by atoms with Gasteiger partial charge in [-0.3, -0.25) is 0 Å². The van der Waals surface area contributed by atoms with Crippen LogP contribution in [0.1, 0.15) is 16.7 Å². The molecular formula is C18H23ClN2. The fraction of sp³-hybridized carbons (Fsp3) is 0.333. The zero-order valence-corrected chi connectivity index (χ0v) is 13.6. The molecule has 0 saturated carbocycles. The third-order valence-corrected chi connectivity index (χ3v) is 4.01. The summed E-state index contributed by atoms with van der Waals surface area (Å²) in [6, 6.07) is 17.7. The van der Waals surface area contributed by atoms with Crippen molar-refractivity contribution < 1.29 is 0 Å². The van der Waals surface area contributed by atoms with Crippen molar-refractivity contribution in [3.05, 3.63) is 65.2 Å². The molecule has 3 rings (SSSR count). The number of para-hydroxylation sites is 1. The smallest absolute Gasteiger partial charge is 0.0432 e. The molecule has 0 aromatic heterocycles. The van der Waals surface area contributed by atoms with E-state index in [1.165, 1.54) is 22.4 Å². The fourth-order valence-corrected chi connectivity index (χ4v) is 2.87. The van der Waals surface area contributed by atoms with Gasteiger partial charge < -0.3 is 9.80 Å². The van der Waals surface area contributed by atoms with Crippen LogP contribution in [0.4, 0.5) is 5.69 Å². The summed E-state index contributed by atoms with van der Waals surface area (Å²) in [7, 11) is 4.27. The van der Waals surface area contributed by atoms with Gasteiger partial charge in [0, 0.05) is 25.3 Å². The van der Waals surface area contributed by atoms with E-state index in [0.717, 1.165) is 26.1 Å². The van der Waals surface area contributed by atoms with Crippen LogP contribution in [0.15, 0.2) is 48.5 Å². The van der Waals surface area contributed by atoms with E-state index in [-0.39, 0.29) is 12.4 Å². The highest BCUT2D eigenvalue weighted by Crippen LogP contribution is 2.30. The summed E-state index contributed by atoms with van der Waals surface area (Å²) >= 11 is 0. The van der Waals surface area contributed by atoms with Gasteiger partial charge in [-0.2, -0.15) is 0 Å². The van der Waals surface area contributed by atoms with Crippen LogP contribution in [0.25, 0.3) is 0 Å². The number of rotatable bonds is 3. The lowest BCUT2D eigenvalue weighted by atomic mass is 10.0. The Morgan fingerprint density at radius 1 is 0.905 bits per heavy atom. The molecule has 0 spiro atoms. The van der Waals surface area contributed by atoms with Crippen LogP contribution in [0.3, 0.4) is 0 Å². The highest BCUT2D eigenvalue weighted by atomic mass is 35.5. The molecule has 2 nitrogen and oxygen atoms in total. The summed E-state index contributed by atoms with van der Waals surface area (Å²) in [5.41, 5.74) is 5.76. The Hall–Kier alpha value is -1.51. The first-order valence-electron chi connectivity index (χ1n) is 7.28. The van der Waals surface area contributed by atoms with E-state index in [0.29, 0.717) is 0 Å². The van der Waals surface area contributed by atoms with Crippen LogP contribution in [-0.4, -0.2) is 32.1 Å². The maximum atomic E-state index is 2.52. The number of fused-ring (bicyclic) bond motifs is 2. The van der Waals surface area contributed by atoms with Gasteiger partial charge in [-0.25, -0.2) is 0 Å². The molecule has 21 heavy (non-hydrogen) atoms. The lowest BCUT2D eigenvalue weighted by Crippen LogP contribution is -2.31. The topological polar surface area (TPSA) is 6.48 Å². The average Bonchev–Trinajstić information content (AvgIpc) is 2.61. The number of anilines is 1. The molecule has 1 heterocycles. The predicted octanol–water partition coefficient (Wildman–Crippen LogP) is 3.58. The molecule has 112 valence electrons. The van der Waals surface area contributed by atoms with Crippen LogP contribution in [0.2, 0.25) is 0 Å². The first kappa shape index (κ1) is 15.9. The molecule has 2 aromatic carbocycles. The normalized spacial score (nSPS) is 13.2. The molecule has 0 radical (unpaired) electrons. The zero-order valence-electron chi connectivity index (χ0n) is 12.7. The molecule has 0 N–H and O–H groups in total. The molecule has 0 saturated heterocycles. The monoisotopic (exact) mass is 302 g/mol. The molecule has 1 aliphatic rings. The molecule has 0 aliphatic carbocycles. The van der Waals surface area contributed by atoms with E-state index in [4.69, 9.17) is 0 Å². The van der Waals surface area contributed by atoms with Crippen LogP contribution in [0, 0.1) is 0 Å². The summed E-state index contributed by atoms with van der Waals surface area (Å²) in [6.07, 6.45) is 1.05. The molecule has 0 unspecified atom stereocenters. The lowest BCUT2D eigenvalue weighted by Gasteiger charge is -2.26. The van der Waals surface area contributed by atoms with Crippen molar-refractivity contribution >= 4 is 18.1 Å². The van der Waals surface area contributed by atoms with Gasteiger partial charge in [0.05, 0.1) is 0 Å². The van der Waals surface area contributed by atoms with Crippen LogP contribution in [0.5, 0.6) is 0 Å². The van der Waals surface area contributed by atoms with Gasteiger partial charge >= 0.3 is 0 Å². The Bertz CT molecular complexity index is 595. The Morgan fingerprint density at radius 3 is 2.24 bits per heavy atom. The lowest BCUT2D eigenvalue weighted by molar-refractivity contribution is 0.412. The van der Waals surface area contributed by atoms with Gasteiger partial charge in [0.15, 0.2) is 0 Å². The first-order valence-corrected chi connectivity index (χ1v) is 7.28. The number of nitrogens with zero attached hydrogens (tertiary/aromatic N) is 2. The van der Waals surface area contributed by atoms with Crippen molar-refractivity contribution in [3.63, 3.8) is 0 Å². The summed E-state index contributed by atoms with van der Waals surface area (Å²) in [4.78, 5) is 4.76. The third-order valence-electron chi connectivity index (χ3n) is 4.01. The fourth-order valence-electron chi connectivity index (χ4n) is 2.87. The van der Waals surface area contributed by atoms with Crippen molar-refractivity contribution in [2.45, 2.75) is 13.0 Å². The zero-order chi connectivity index (χ0) is 13.9. The minimum absolute atomic E-state index is 0. The summed E-state index contributed by atoms with van der Waals surface area (Å²) < 4.78 is 0. The quantitative estimate of drug-likeness (QED) is 0.855. The number of likely N-dealkylation sites (N-methyl/N-ethyl adjacent to an activating group) is 1. The Morgan fingerprint density at radius 2 is 1.52 bits per heavy atom. The SMILES string of the molecule is CN(C)CCN1Cc2ccccc2Cc2ccccc21.Cl. The van der Waals surface area contributed by atoms with Crippen molar-refractivity contribution in [2.24, 2.45) is 0 Å². The van der Waals surface area contributed by atoms with E-state index >= 15 is 0 Å². The van der Waals surface area contributed by atoms with Crippen molar-refractivity contribution in [1.82, 2.24) is 4.90 Å². The molecule has 0 fully saturated rings. The van der Waals surface area contributed by atoms with Gasteiger partial charge in [-0.05, 0) is 43.3 Å². The van der Waals surface area contributed by atoms with Crippen molar-refractivity contribution in [3.8, 4) is 0 Å². The molecular weight excluding hydrogens is 280 g/mol. The minimum atomic E-state index is 0. The molecule has 2 aromatic rings. The van der Waals surface area contributed by atoms with Crippen LogP contribution < -0.4 is 4.90 Å². The maximum absolute atomic E-state index is 2.52. The minimum Gasteiger partial charge on any atom is -0.366 e. The molecule has 0 bridgehead atoms. The number of hydrogen-bond acceptors (Lipinski definition) is 2. The highest BCUT2D eigenvalue weighted by Gasteiger charge is 2.18. The van der Waals surface area contributed by atoms with Gasteiger partial charge in [0.2, 0.25) is 0 Å². The Balaban J connectivity index is 0.00000161. The first-order chi connectivity index (χ1) is 9.74. The molecule has 0 atom stereocenters. The van der Waals surface area contributed by atoms with Crippen molar-refractivity contribution in [1.29, 1.82) is 0 Å². The molecule has 0 amide bonds. The summed E-state index contributed by atoms with van der Waals surface area (Å²) in [5.74, 6) is 0. The third kappa shape index (κ3) is 3.58. The molecule has 3 heteroatoms. The molecule has 1 aliphatic heterocycles. The average molecular weight is 303 g/mol. The number of hydrogen-bond donors (Lipinski definition) is 0. The van der Waals surface area contributed by atoms with Gasteiger partial charge in [0.25, 0.3) is 0 Å². The van der Waals surface area contributed by atoms with E-state index in [9.17, 15) is 0 Å². The van der Waals surface area contributed by atoms with E-state index in [2.05, 4.69) is 72.4 Å². The van der Waals surface area contributed by atoms with E-state index < -0.39 is 0 Å². The van der Waals surface area contributed by atoms with E-state index in [1.54, 1.807) is 0 Å². The number of benzene rings is 2. The van der Waals surface area contributed by atoms with Crippen LogP contribution in [-0.2, 0) is 13.0 Å². The largest absolute Gasteiger partial charge is 0.366 e. The second-order valence-electron chi connectivity index (χ2n) is 5.80. The van der Waals surface area contributed by atoms with Gasteiger partial charge in [-0.1, -0.05) is 42.5 Å². The summed E-state index contributed by atoms with van der Waals surface area (Å²) in [6.45, 7) is 3.16. The maximum Gasteiger partial charge on any atom is 0.0432 e. The predicted molar refractivity (Wildman–Crippen MR) is 92.5 cm³/mol. The highest BCUT2D eigenvalue weighted by molar-refractivity contribution is 5.85. The Kier molecular flexibility index (Phi) is 5.27. The van der Waals surface area contributed by atoms with Crippen molar-refractivity contribution in [2.75, 3.05) is 32.1 Å². The van der Waals surface area contributed by atoms with Gasteiger partial charge in [0.1, 0.15) is 0 Å². The van der Waals surface area contributed by atoms with Crippen LogP contribution >= 0.6 is 12.4 Å². The Labute approximate surface area is 133 Å². The second-order valence-corrected chi connectivity index (χ2v) is 5.80. The van der Waals surface area contributed by atoms with Gasteiger partial charge in [-0.15, -0.1) is 12.4 Å². The van der Waals surface area contributed by atoms with E-state index in [1.807, 2.05) is 0 Å². The standard InChI is InChI=1S/C18H22N2.ClH/c1-19(2)11-12-20-14-17-9-4-3-7-15(17)13-16-8-5-6-10-18(16)20;/h3-10H,11-14H2,1-2H3;1H. The second kappa shape index (κ2) is 6.97. The summed E-state index contributed by atoms with van der Waals surface area (Å²) in [5, 5.41) is 0. The number of halogens is 1.